The molecule has 0 aliphatic heterocycles. The van der Waals surface area contributed by atoms with Gasteiger partial charge in [0.05, 0.1) is 0 Å². The predicted octanol–water partition coefficient (Wildman–Crippen LogP) is 0.462. The van der Waals surface area contributed by atoms with Crippen molar-refractivity contribution in [2.75, 3.05) is 13.7 Å². The summed E-state index contributed by atoms with van der Waals surface area (Å²) in [6.07, 6.45) is 0.610. The van der Waals surface area contributed by atoms with Gasteiger partial charge in [-0.25, -0.2) is 0 Å². The number of methoxy groups -OCH3 is 1. The van der Waals surface area contributed by atoms with Gasteiger partial charge in [-0.2, -0.15) is 5.26 Å². The van der Waals surface area contributed by atoms with E-state index < -0.39 is 5.56 Å². The lowest BCUT2D eigenvalue weighted by atomic mass is 10.3. The third-order valence-corrected chi connectivity index (χ3v) is 2.00. The molecule has 0 fully saturated rings. The smallest absolute Gasteiger partial charge is 0.271 e. The average molecular weight is 208 g/mol. The molecular weight excluding hydrogens is 196 g/mol. The van der Waals surface area contributed by atoms with Crippen LogP contribution in [0.2, 0.25) is 0 Å². The lowest BCUT2D eigenvalue weighted by Gasteiger charge is -2.07. The first kappa shape index (κ1) is 11.3. The minimum absolute atomic E-state index is 0.0326. The lowest BCUT2D eigenvalue weighted by molar-refractivity contribution is 0.188. The summed E-state index contributed by atoms with van der Waals surface area (Å²) in [5.41, 5.74) is -0.432. The van der Waals surface area contributed by atoms with Crippen LogP contribution < -0.4 is 5.56 Å². The molecule has 5 nitrogen and oxygen atoms in total. The predicted molar refractivity (Wildman–Crippen MR) is 53.6 cm³/mol. The molecule has 80 valence electrons. The van der Waals surface area contributed by atoms with Crippen molar-refractivity contribution in [1.82, 2.24) is 4.57 Å². The maximum absolute atomic E-state index is 11.6. The van der Waals surface area contributed by atoms with Crippen LogP contribution in [-0.2, 0) is 11.3 Å². The van der Waals surface area contributed by atoms with Gasteiger partial charge in [0, 0.05) is 20.3 Å². The van der Waals surface area contributed by atoms with Crippen LogP contribution in [0.4, 0.5) is 0 Å². The molecule has 0 bridgehead atoms. The van der Waals surface area contributed by atoms with E-state index in [-0.39, 0.29) is 11.4 Å². The Hall–Kier alpha value is -1.80. The summed E-state index contributed by atoms with van der Waals surface area (Å²) in [7, 11) is 1.56. The molecule has 1 aromatic heterocycles. The minimum atomic E-state index is -0.464. The Kier molecular flexibility index (Phi) is 3.89. The molecule has 15 heavy (non-hydrogen) atoms. The molecule has 1 heterocycles. The first-order valence-corrected chi connectivity index (χ1v) is 4.52. The van der Waals surface area contributed by atoms with E-state index in [1.54, 1.807) is 13.2 Å². The van der Waals surface area contributed by atoms with Crippen LogP contribution in [0, 0.1) is 11.3 Å². The summed E-state index contributed by atoms with van der Waals surface area (Å²) in [6.45, 7) is 0.844. The molecule has 0 aliphatic carbocycles. The quantitative estimate of drug-likeness (QED) is 0.729. The second-order valence-corrected chi connectivity index (χ2v) is 3.02. The van der Waals surface area contributed by atoms with E-state index in [0.717, 1.165) is 4.57 Å². The van der Waals surface area contributed by atoms with Crippen LogP contribution in [-0.4, -0.2) is 23.4 Å². The molecule has 1 rings (SSSR count). The second-order valence-electron chi connectivity index (χ2n) is 3.02. The van der Waals surface area contributed by atoms with Crippen molar-refractivity contribution in [2.45, 2.75) is 13.0 Å². The summed E-state index contributed by atoms with van der Waals surface area (Å²) < 4.78 is 6.00. The maximum atomic E-state index is 11.6. The van der Waals surface area contributed by atoms with E-state index in [4.69, 9.17) is 10.00 Å². The highest BCUT2D eigenvalue weighted by Gasteiger charge is 2.06. The van der Waals surface area contributed by atoms with Crippen molar-refractivity contribution in [3.63, 3.8) is 0 Å². The standard InChI is InChI=1S/C10H12N2O3/c1-15-6-2-5-12-9(13)4-3-8(7-11)10(12)14/h3-4,13H,2,5-6H2,1H3. The largest absolute Gasteiger partial charge is 0.494 e. The van der Waals surface area contributed by atoms with Crippen molar-refractivity contribution in [3.05, 3.63) is 28.0 Å². The fraction of sp³-hybridized carbons (Fsp3) is 0.400. The SMILES string of the molecule is COCCCn1c(O)ccc(C#N)c1=O. The van der Waals surface area contributed by atoms with Crippen molar-refractivity contribution < 1.29 is 9.84 Å². The van der Waals surface area contributed by atoms with Gasteiger partial charge in [-0.1, -0.05) is 0 Å². The number of hydrogen-bond donors (Lipinski definition) is 1. The number of aromatic hydroxyl groups is 1. The Morgan fingerprint density at radius 1 is 1.60 bits per heavy atom. The molecule has 0 saturated heterocycles. The van der Waals surface area contributed by atoms with Crippen LogP contribution in [0.3, 0.4) is 0 Å². The van der Waals surface area contributed by atoms with Crippen LogP contribution in [0.25, 0.3) is 0 Å². The summed E-state index contributed by atoms with van der Waals surface area (Å²) in [5.74, 6) is -0.130. The van der Waals surface area contributed by atoms with E-state index in [2.05, 4.69) is 0 Å². The highest BCUT2D eigenvalue weighted by atomic mass is 16.5. The van der Waals surface area contributed by atoms with E-state index in [9.17, 15) is 9.90 Å². The highest BCUT2D eigenvalue weighted by Crippen LogP contribution is 2.06. The topological polar surface area (TPSA) is 75.2 Å². The highest BCUT2D eigenvalue weighted by molar-refractivity contribution is 5.29. The molecule has 0 aromatic carbocycles. The van der Waals surface area contributed by atoms with Crippen molar-refractivity contribution >= 4 is 0 Å². The summed E-state index contributed by atoms with van der Waals surface area (Å²) in [4.78, 5) is 11.6. The van der Waals surface area contributed by atoms with Gasteiger partial charge in [0.25, 0.3) is 5.56 Å². The van der Waals surface area contributed by atoms with Gasteiger partial charge in [-0.05, 0) is 18.6 Å². The van der Waals surface area contributed by atoms with Crippen LogP contribution in [0.5, 0.6) is 5.88 Å². The fourth-order valence-electron chi connectivity index (χ4n) is 1.24. The number of nitriles is 1. The van der Waals surface area contributed by atoms with Crippen LogP contribution in [0.1, 0.15) is 12.0 Å². The summed E-state index contributed by atoms with van der Waals surface area (Å²) in [5, 5.41) is 18.1. The zero-order valence-corrected chi connectivity index (χ0v) is 8.43. The van der Waals surface area contributed by atoms with E-state index in [1.807, 2.05) is 0 Å². The molecule has 5 heteroatoms. The number of ether oxygens (including phenoxy) is 1. The maximum Gasteiger partial charge on any atom is 0.271 e. The van der Waals surface area contributed by atoms with Crippen molar-refractivity contribution in [3.8, 4) is 11.9 Å². The molecular formula is C10H12N2O3. The first-order valence-electron chi connectivity index (χ1n) is 4.52. The number of hydrogen-bond acceptors (Lipinski definition) is 4. The van der Waals surface area contributed by atoms with Crippen molar-refractivity contribution in [2.24, 2.45) is 0 Å². The van der Waals surface area contributed by atoms with Gasteiger partial charge in [-0.3, -0.25) is 9.36 Å². The van der Waals surface area contributed by atoms with Crippen molar-refractivity contribution in [1.29, 1.82) is 5.26 Å². The number of rotatable bonds is 4. The van der Waals surface area contributed by atoms with E-state index >= 15 is 0 Å². The molecule has 0 saturated carbocycles. The zero-order chi connectivity index (χ0) is 11.3. The fourth-order valence-corrected chi connectivity index (χ4v) is 1.24. The van der Waals surface area contributed by atoms with Gasteiger partial charge >= 0.3 is 0 Å². The van der Waals surface area contributed by atoms with Crippen LogP contribution >= 0.6 is 0 Å². The van der Waals surface area contributed by atoms with Gasteiger partial charge in [0.15, 0.2) is 5.88 Å². The number of nitrogens with zero attached hydrogens (tertiary/aromatic N) is 2. The Morgan fingerprint density at radius 2 is 2.33 bits per heavy atom. The zero-order valence-electron chi connectivity index (χ0n) is 8.43. The Morgan fingerprint density at radius 3 is 2.93 bits per heavy atom. The van der Waals surface area contributed by atoms with Crippen LogP contribution in [0.15, 0.2) is 16.9 Å². The molecule has 0 amide bonds. The van der Waals surface area contributed by atoms with Gasteiger partial charge in [0.2, 0.25) is 0 Å². The van der Waals surface area contributed by atoms with Gasteiger partial charge < -0.3 is 9.84 Å². The second kappa shape index (κ2) is 5.17. The third-order valence-electron chi connectivity index (χ3n) is 2.00. The summed E-state index contributed by atoms with van der Waals surface area (Å²) >= 11 is 0. The van der Waals surface area contributed by atoms with Gasteiger partial charge in [-0.15, -0.1) is 0 Å². The Bertz CT molecular complexity index is 431. The molecule has 0 spiro atoms. The molecule has 0 radical (unpaired) electrons. The normalized spacial score (nSPS) is 9.87. The molecule has 0 unspecified atom stereocenters. The van der Waals surface area contributed by atoms with E-state index in [0.29, 0.717) is 19.6 Å². The molecule has 0 aliphatic rings. The lowest BCUT2D eigenvalue weighted by Crippen LogP contribution is -2.22. The van der Waals surface area contributed by atoms with Gasteiger partial charge in [0.1, 0.15) is 11.6 Å². The number of aromatic nitrogens is 1. The number of pyridine rings is 1. The van der Waals surface area contributed by atoms with E-state index in [1.165, 1.54) is 12.1 Å². The Balaban J connectivity index is 2.96. The molecule has 1 N–H and O–H groups in total. The first-order chi connectivity index (χ1) is 7.20. The average Bonchev–Trinajstić information content (AvgIpc) is 2.23. The Labute approximate surface area is 87.1 Å². The third kappa shape index (κ3) is 2.58. The summed E-state index contributed by atoms with van der Waals surface area (Å²) in [6, 6.07) is 4.43. The molecule has 0 atom stereocenters. The molecule has 1 aromatic rings. The minimum Gasteiger partial charge on any atom is -0.494 e. The monoisotopic (exact) mass is 208 g/mol.